The zero-order valence-corrected chi connectivity index (χ0v) is 10.7. The molecule has 0 bridgehead atoms. The molecule has 0 unspecified atom stereocenters. The van der Waals surface area contributed by atoms with Crippen molar-refractivity contribution in [2.45, 2.75) is 6.18 Å². The maximum atomic E-state index is 13.3. The third kappa shape index (κ3) is 2.96. The van der Waals surface area contributed by atoms with Crippen molar-refractivity contribution in [3.8, 4) is 10.9 Å². The molecule has 2 aromatic rings. The first-order valence-corrected chi connectivity index (χ1v) is 6.01. The first-order chi connectivity index (χ1) is 8.36. The van der Waals surface area contributed by atoms with Crippen LogP contribution in [-0.4, -0.2) is 10.2 Å². The lowest BCUT2D eigenvalue weighted by atomic mass is 10.3. The minimum Gasteiger partial charge on any atom is -0.427 e. The highest BCUT2D eigenvalue weighted by Crippen LogP contribution is 2.36. The Kier molecular flexibility index (Phi) is 3.53. The fraction of sp³-hybridized carbons (Fsp3) is 0.111. The van der Waals surface area contributed by atoms with Gasteiger partial charge in [-0.1, -0.05) is 32.4 Å². The first-order valence-electron chi connectivity index (χ1n) is 4.40. The fourth-order valence-electron chi connectivity index (χ4n) is 1.02. The van der Waals surface area contributed by atoms with Gasteiger partial charge in [0.2, 0.25) is 5.01 Å². The number of aromatic nitrogens is 2. The van der Waals surface area contributed by atoms with Crippen LogP contribution in [0.15, 0.2) is 22.7 Å². The van der Waals surface area contributed by atoms with E-state index >= 15 is 0 Å². The van der Waals surface area contributed by atoms with E-state index in [1.807, 2.05) is 0 Å². The lowest BCUT2D eigenvalue weighted by Gasteiger charge is -2.02. The molecule has 0 atom stereocenters. The van der Waals surface area contributed by atoms with Gasteiger partial charge in [0.05, 0.1) is 0 Å². The second-order valence-electron chi connectivity index (χ2n) is 3.05. The summed E-state index contributed by atoms with van der Waals surface area (Å²) in [6, 6.07) is 3.83. The van der Waals surface area contributed by atoms with Crippen LogP contribution >= 0.6 is 27.3 Å². The van der Waals surface area contributed by atoms with Crippen LogP contribution in [0.2, 0.25) is 0 Å². The van der Waals surface area contributed by atoms with Gasteiger partial charge in [-0.25, -0.2) is 4.39 Å². The maximum absolute atomic E-state index is 13.3. The molecular formula is C9H3BrF4N2OS. The fourth-order valence-corrected chi connectivity index (χ4v) is 1.93. The second-order valence-corrected chi connectivity index (χ2v) is 4.90. The lowest BCUT2D eigenvalue weighted by molar-refractivity contribution is -0.138. The highest BCUT2D eigenvalue weighted by Gasteiger charge is 2.36. The summed E-state index contributed by atoms with van der Waals surface area (Å²) in [5.41, 5.74) is 0. The van der Waals surface area contributed by atoms with Crippen molar-refractivity contribution >= 4 is 27.3 Å². The van der Waals surface area contributed by atoms with Crippen LogP contribution in [0.3, 0.4) is 0 Å². The van der Waals surface area contributed by atoms with Gasteiger partial charge in [0.15, 0.2) is 11.6 Å². The smallest absolute Gasteiger partial charge is 0.427 e. The quantitative estimate of drug-likeness (QED) is 0.765. The molecule has 2 rings (SSSR count). The minimum absolute atomic E-state index is 0.198. The predicted molar refractivity (Wildman–Crippen MR) is 59.1 cm³/mol. The number of hydrogen-bond donors (Lipinski definition) is 0. The molecule has 1 heterocycles. The van der Waals surface area contributed by atoms with E-state index in [9.17, 15) is 17.6 Å². The summed E-state index contributed by atoms with van der Waals surface area (Å²) in [4.78, 5) is 0. The van der Waals surface area contributed by atoms with E-state index in [-0.39, 0.29) is 22.3 Å². The van der Waals surface area contributed by atoms with Crippen molar-refractivity contribution in [3.63, 3.8) is 0 Å². The maximum Gasteiger partial charge on any atom is 0.445 e. The number of alkyl halides is 3. The molecule has 0 amide bonds. The Hall–Kier alpha value is -1.22. The average Bonchev–Trinajstić information content (AvgIpc) is 2.71. The molecule has 96 valence electrons. The average molecular weight is 343 g/mol. The van der Waals surface area contributed by atoms with Gasteiger partial charge in [0.1, 0.15) is 0 Å². The molecular weight excluding hydrogens is 340 g/mol. The number of nitrogens with zero attached hydrogens (tertiary/aromatic N) is 2. The Morgan fingerprint density at radius 3 is 2.56 bits per heavy atom. The Labute approximate surface area is 111 Å². The summed E-state index contributed by atoms with van der Waals surface area (Å²) in [5.74, 6) is -0.934. The third-order valence-electron chi connectivity index (χ3n) is 1.74. The van der Waals surface area contributed by atoms with Crippen molar-refractivity contribution < 1.29 is 22.3 Å². The van der Waals surface area contributed by atoms with Crippen LogP contribution in [0.25, 0.3) is 0 Å². The number of halogens is 5. The monoisotopic (exact) mass is 342 g/mol. The van der Waals surface area contributed by atoms with Crippen molar-refractivity contribution in [1.29, 1.82) is 0 Å². The van der Waals surface area contributed by atoms with Crippen LogP contribution in [-0.2, 0) is 6.18 Å². The third-order valence-corrected chi connectivity index (χ3v) is 3.08. The van der Waals surface area contributed by atoms with E-state index in [4.69, 9.17) is 4.74 Å². The van der Waals surface area contributed by atoms with E-state index in [2.05, 4.69) is 26.1 Å². The summed E-state index contributed by atoms with van der Waals surface area (Å²) in [5, 5.41) is 4.59. The van der Waals surface area contributed by atoms with E-state index < -0.39 is 17.0 Å². The highest BCUT2D eigenvalue weighted by atomic mass is 79.9. The summed E-state index contributed by atoms with van der Waals surface area (Å²) < 4.78 is 55.5. The van der Waals surface area contributed by atoms with Crippen LogP contribution in [0, 0.1) is 5.82 Å². The molecule has 0 N–H and O–H groups in total. The van der Waals surface area contributed by atoms with Crippen LogP contribution in [0.4, 0.5) is 17.6 Å². The zero-order valence-electron chi connectivity index (χ0n) is 8.33. The summed E-state index contributed by atoms with van der Waals surface area (Å²) in [6.45, 7) is 0. The zero-order chi connectivity index (χ0) is 13.3. The number of ether oxygens (including phenoxy) is 1. The molecule has 0 radical (unpaired) electrons. The van der Waals surface area contributed by atoms with Crippen molar-refractivity contribution in [3.05, 3.63) is 33.5 Å². The first kappa shape index (κ1) is 13.2. The number of rotatable bonds is 2. The summed E-state index contributed by atoms with van der Waals surface area (Å²) in [7, 11) is 0. The highest BCUT2D eigenvalue weighted by molar-refractivity contribution is 9.10. The minimum atomic E-state index is -4.59. The van der Waals surface area contributed by atoms with E-state index in [0.29, 0.717) is 4.47 Å². The molecule has 0 aliphatic carbocycles. The largest absolute Gasteiger partial charge is 0.445 e. The molecule has 0 spiro atoms. The second kappa shape index (κ2) is 4.81. The predicted octanol–water partition coefficient (Wildman–Crippen LogP) is 4.25. The van der Waals surface area contributed by atoms with Crippen molar-refractivity contribution in [2.75, 3.05) is 0 Å². The lowest BCUT2D eigenvalue weighted by Crippen LogP contribution is -2.03. The molecule has 1 aromatic carbocycles. The molecule has 0 aliphatic rings. The summed E-state index contributed by atoms with van der Waals surface area (Å²) in [6.07, 6.45) is -4.59. The van der Waals surface area contributed by atoms with Gasteiger partial charge >= 0.3 is 6.18 Å². The molecule has 3 nitrogen and oxygen atoms in total. The molecule has 0 fully saturated rings. The standard InChI is InChI=1S/C9H3BrF4N2OS/c10-4-1-2-5(11)6(3-4)17-8-16-15-7(18-8)9(12,13)14/h1-3H. The molecule has 18 heavy (non-hydrogen) atoms. The normalized spacial score (nSPS) is 11.6. The Morgan fingerprint density at radius 2 is 1.94 bits per heavy atom. The number of hydrogen-bond acceptors (Lipinski definition) is 4. The SMILES string of the molecule is Fc1ccc(Br)cc1Oc1nnc(C(F)(F)F)s1. The van der Waals surface area contributed by atoms with Gasteiger partial charge in [-0.15, -0.1) is 5.10 Å². The van der Waals surface area contributed by atoms with Gasteiger partial charge in [0, 0.05) is 4.47 Å². The Balaban J connectivity index is 2.24. The van der Waals surface area contributed by atoms with Crippen LogP contribution in [0.5, 0.6) is 10.9 Å². The van der Waals surface area contributed by atoms with Gasteiger partial charge in [-0.05, 0) is 18.2 Å². The van der Waals surface area contributed by atoms with Crippen LogP contribution < -0.4 is 4.74 Å². The summed E-state index contributed by atoms with van der Waals surface area (Å²) >= 11 is 3.29. The molecule has 1 aromatic heterocycles. The Morgan fingerprint density at radius 1 is 1.22 bits per heavy atom. The van der Waals surface area contributed by atoms with Gasteiger partial charge in [-0.2, -0.15) is 13.2 Å². The van der Waals surface area contributed by atoms with E-state index in [0.717, 1.165) is 6.07 Å². The number of benzene rings is 1. The molecule has 0 aliphatic heterocycles. The van der Waals surface area contributed by atoms with Gasteiger partial charge in [0.25, 0.3) is 5.19 Å². The van der Waals surface area contributed by atoms with Crippen molar-refractivity contribution in [2.24, 2.45) is 0 Å². The van der Waals surface area contributed by atoms with E-state index in [1.54, 1.807) is 0 Å². The van der Waals surface area contributed by atoms with E-state index in [1.165, 1.54) is 12.1 Å². The molecule has 9 heteroatoms. The van der Waals surface area contributed by atoms with Crippen molar-refractivity contribution in [1.82, 2.24) is 10.2 Å². The molecule has 0 saturated heterocycles. The molecule has 0 saturated carbocycles. The van der Waals surface area contributed by atoms with Crippen LogP contribution in [0.1, 0.15) is 5.01 Å². The van der Waals surface area contributed by atoms with Gasteiger partial charge < -0.3 is 4.74 Å². The Bertz CT molecular complexity index is 572. The topological polar surface area (TPSA) is 35.0 Å². The van der Waals surface area contributed by atoms with Gasteiger partial charge in [-0.3, -0.25) is 0 Å².